The monoisotopic (exact) mass is 285 g/mol. The molecule has 108 valence electrons. The van der Waals surface area contributed by atoms with Gasteiger partial charge >= 0.3 is 5.97 Å². The summed E-state index contributed by atoms with van der Waals surface area (Å²) in [6.45, 7) is 4.11. The van der Waals surface area contributed by atoms with E-state index in [2.05, 4.69) is 13.8 Å². The van der Waals surface area contributed by atoms with Gasteiger partial charge in [0.15, 0.2) is 0 Å². The van der Waals surface area contributed by atoms with Gasteiger partial charge in [-0.25, -0.2) is 4.79 Å². The molecule has 0 radical (unpaired) electrons. The first-order valence-electron chi connectivity index (χ1n) is 7.16. The van der Waals surface area contributed by atoms with E-state index >= 15 is 0 Å². The summed E-state index contributed by atoms with van der Waals surface area (Å²) in [7, 11) is 0. The zero-order valence-corrected chi connectivity index (χ0v) is 12.5. The van der Waals surface area contributed by atoms with Crippen molar-refractivity contribution in [1.29, 1.82) is 0 Å². The van der Waals surface area contributed by atoms with Crippen LogP contribution in [0, 0.1) is 5.92 Å². The second-order valence-corrected chi connectivity index (χ2v) is 7.43. The van der Waals surface area contributed by atoms with Crippen LogP contribution in [0.2, 0.25) is 0 Å². The fraction of sp³-hybridized carbons (Fsp3) is 0.857. The summed E-state index contributed by atoms with van der Waals surface area (Å²) >= 11 is 1.60. The van der Waals surface area contributed by atoms with Crippen molar-refractivity contribution in [2.45, 2.75) is 63.3 Å². The molecule has 1 aliphatic heterocycles. The molecule has 2 rings (SSSR count). The molecule has 1 saturated carbocycles. The lowest BCUT2D eigenvalue weighted by atomic mass is 9.85. The summed E-state index contributed by atoms with van der Waals surface area (Å²) in [4.78, 5) is 25.5. The van der Waals surface area contributed by atoms with E-state index in [4.69, 9.17) is 0 Å². The van der Waals surface area contributed by atoms with Gasteiger partial charge in [0.05, 0.1) is 5.75 Å². The Morgan fingerprint density at radius 3 is 2.63 bits per heavy atom. The predicted molar refractivity (Wildman–Crippen MR) is 76.2 cm³/mol. The van der Waals surface area contributed by atoms with Gasteiger partial charge in [0, 0.05) is 6.04 Å². The van der Waals surface area contributed by atoms with Crippen molar-refractivity contribution in [3.8, 4) is 0 Å². The molecule has 3 unspecified atom stereocenters. The van der Waals surface area contributed by atoms with Gasteiger partial charge in [-0.2, -0.15) is 0 Å². The molecule has 3 atom stereocenters. The highest BCUT2D eigenvalue weighted by atomic mass is 32.2. The Balaban J connectivity index is 2.08. The molecule has 0 bridgehead atoms. The summed E-state index contributed by atoms with van der Waals surface area (Å²) in [5.74, 6) is -0.00866. The SMILES string of the molecule is CC(C)SCC(=O)N1C(C(=O)O)CC2CCCCC21. The molecule has 0 aromatic rings. The van der Waals surface area contributed by atoms with Gasteiger partial charge in [0.25, 0.3) is 0 Å². The van der Waals surface area contributed by atoms with Crippen LogP contribution in [0.15, 0.2) is 0 Å². The number of thioether (sulfide) groups is 1. The summed E-state index contributed by atoms with van der Waals surface area (Å²) < 4.78 is 0. The van der Waals surface area contributed by atoms with E-state index in [9.17, 15) is 14.7 Å². The molecule has 2 fully saturated rings. The number of hydrogen-bond acceptors (Lipinski definition) is 3. The zero-order valence-electron chi connectivity index (χ0n) is 11.7. The van der Waals surface area contributed by atoms with Crippen molar-refractivity contribution >= 4 is 23.6 Å². The lowest BCUT2D eigenvalue weighted by molar-refractivity contribution is -0.148. The number of rotatable bonds is 4. The van der Waals surface area contributed by atoms with Crippen LogP contribution >= 0.6 is 11.8 Å². The normalized spacial score (nSPS) is 30.5. The Hall–Kier alpha value is -0.710. The highest BCUT2D eigenvalue weighted by molar-refractivity contribution is 8.00. The summed E-state index contributed by atoms with van der Waals surface area (Å²) in [5, 5.41) is 9.76. The molecular formula is C14H23NO3S. The van der Waals surface area contributed by atoms with Crippen LogP contribution in [-0.2, 0) is 9.59 Å². The first-order valence-corrected chi connectivity index (χ1v) is 8.21. The van der Waals surface area contributed by atoms with Crippen LogP contribution in [0.5, 0.6) is 0 Å². The molecule has 1 saturated heterocycles. The average Bonchev–Trinajstić information content (AvgIpc) is 2.75. The van der Waals surface area contributed by atoms with Gasteiger partial charge in [-0.1, -0.05) is 26.7 Å². The topological polar surface area (TPSA) is 57.6 Å². The van der Waals surface area contributed by atoms with E-state index in [0.29, 0.717) is 23.3 Å². The molecule has 0 aromatic carbocycles. The minimum atomic E-state index is -0.836. The number of aliphatic carboxylic acids is 1. The van der Waals surface area contributed by atoms with E-state index in [-0.39, 0.29) is 11.9 Å². The van der Waals surface area contributed by atoms with Gasteiger partial charge in [0.1, 0.15) is 6.04 Å². The minimum Gasteiger partial charge on any atom is -0.480 e. The third-order valence-corrected chi connectivity index (χ3v) is 5.28. The smallest absolute Gasteiger partial charge is 0.326 e. The number of likely N-dealkylation sites (tertiary alicyclic amines) is 1. The number of amides is 1. The number of hydrogen-bond donors (Lipinski definition) is 1. The number of carbonyl (C=O) groups is 2. The third-order valence-electron chi connectivity index (χ3n) is 4.20. The maximum absolute atomic E-state index is 12.4. The van der Waals surface area contributed by atoms with Crippen molar-refractivity contribution < 1.29 is 14.7 Å². The van der Waals surface area contributed by atoms with Crippen LogP contribution in [0.1, 0.15) is 46.0 Å². The Bertz CT molecular complexity index is 359. The fourth-order valence-electron chi connectivity index (χ4n) is 3.35. The highest BCUT2D eigenvalue weighted by Crippen LogP contribution is 2.40. The van der Waals surface area contributed by atoms with Gasteiger partial charge in [0.2, 0.25) is 5.91 Å². The van der Waals surface area contributed by atoms with Gasteiger partial charge < -0.3 is 10.0 Å². The number of nitrogens with zero attached hydrogens (tertiary/aromatic N) is 1. The van der Waals surface area contributed by atoms with Crippen LogP contribution in [-0.4, -0.2) is 45.0 Å². The first kappa shape index (κ1) is 14.7. The Morgan fingerprint density at radius 1 is 1.32 bits per heavy atom. The molecule has 1 amide bonds. The van der Waals surface area contributed by atoms with Gasteiger partial charge in [-0.15, -0.1) is 11.8 Å². The van der Waals surface area contributed by atoms with Crippen molar-refractivity contribution in [1.82, 2.24) is 4.90 Å². The standard InChI is InChI=1S/C14H23NO3S/c1-9(2)19-8-13(16)15-11-6-4-3-5-10(11)7-12(15)14(17)18/h9-12H,3-8H2,1-2H3,(H,17,18). The molecule has 5 heteroatoms. The molecule has 1 N–H and O–H groups in total. The van der Waals surface area contributed by atoms with Crippen molar-refractivity contribution in [3.05, 3.63) is 0 Å². The molecule has 1 heterocycles. The van der Waals surface area contributed by atoms with Crippen LogP contribution in [0.25, 0.3) is 0 Å². The molecule has 4 nitrogen and oxygen atoms in total. The van der Waals surface area contributed by atoms with E-state index in [1.165, 1.54) is 6.42 Å². The predicted octanol–water partition coefficient (Wildman–Crippen LogP) is 2.37. The zero-order chi connectivity index (χ0) is 14.0. The van der Waals surface area contributed by atoms with Crippen molar-refractivity contribution in [2.24, 2.45) is 5.92 Å². The van der Waals surface area contributed by atoms with E-state index in [0.717, 1.165) is 19.3 Å². The lowest BCUT2D eigenvalue weighted by Gasteiger charge is -2.33. The molecule has 19 heavy (non-hydrogen) atoms. The number of fused-ring (bicyclic) bond motifs is 1. The second kappa shape index (κ2) is 6.16. The largest absolute Gasteiger partial charge is 0.480 e. The maximum atomic E-state index is 12.4. The third kappa shape index (κ3) is 3.25. The summed E-state index contributed by atoms with van der Waals surface area (Å²) in [6, 6.07) is -0.413. The lowest BCUT2D eigenvalue weighted by Crippen LogP contribution is -2.47. The molecular weight excluding hydrogens is 262 g/mol. The Kier molecular flexibility index (Phi) is 4.76. The van der Waals surface area contributed by atoms with Crippen LogP contribution < -0.4 is 0 Å². The summed E-state index contributed by atoms with van der Waals surface area (Å²) in [6.07, 6.45) is 5.01. The van der Waals surface area contributed by atoms with Gasteiger partial charge in [-0.3, -0.25) is 4.79 Å². The Morgan fingerprint density at radius 2 is 2.00 bits per heavy atom. The molecule has 1 aliphatic carbocycles. The number of carbonyl (C=O) groups excluding carboxylic acids is 1. The second-order valence-electron chi connectivity index (χ2n) is 5.86. The fourth-order valence-corrected chi connectivity index (χ4v) is 3.98. The highest BCUT2D eigenvalue weighted by Gasteiger charge is 2.47. The van der Waals surface area contributed by atoms with Crippen molar-refractivity contribution in [3.63, 3.8) is 0 Å². The molecule has 2 aliphatic rings. The quantitative estimate of drug-likeness (QED) is 0.861. The van der Waals surface area contributed by atoms with Gasteiger partial charge in [-0.05, 0) is 30.4 Å². The summed E-state index contributed by atoms with van der Waals surface area (Å²) in [5.41, 5.74) is 0. The average molecular weight is 285 g/mol. The van der Waals surface area contributed by atoms with E-state index in [1.54, 1.807) is 16.7 Å². The number of carboxylic acids is 1. The van der Waals surface area contributed by atoms with Crippen LogP contribution in [0.3, 0.4) is 0 Å². The minimum absolute atomic E-state index is 0.0144. The Labute approximate surface area is 118 Å². The first-order chi connectivity index (χ1) is 9.00. The van der Waals surface area contributed by atoms with E-state index < -0.39 is 12.0 Å². The molecule has 0 spiro atoms. The maximum Gasteiger partial charge on any atom is 0.326 e. The van der Waals surface area contributed by atoms with Crippen LogP contribution in [0.4, 0.5) is 0 Å². The molecule has 0 aromatic heterocycles. The van der Waals surface area contributed by atoms with E-state index in [1.807, 2.05) is 0 Å². The number of carboxylic acid groups (broad SMARTS) is 1. The van der Waals surface area contributed by atoms with Crippen molar-refractivity contribution in [2.75, 3.05) is 5.75 Å².